The summed E-state index contributed by atoms with van der Waals surface area (Å²) in [5.41, 5.74) is 0.834. The van der Waals surface area contributed by atoms with Gasteiger partial charge in [0, 0.05) is 37.9 Å². The molecule has 11 nitrogen and oxygen atoms in total. The first-order valence-corrected chi connectivity index (χ1v) is 16.1. The number of ether oxygens (including phenoxy) is 5. The highest BCUT2D eigenvalue weighted by molar-refractivity contribution is 5.66. The Morgan fingerprint density at radius 3 is 2.47 bits per heavy atom. The molecule has 0 spiro atoms. The zero-order chi connectivity index (χ0) is 33.4. The Balaban J connectivity index is 1.81. The number of carbonyl (C=O) groups is 1. The molecule has 0 amide bonds. The Labute approximate surface area is 266 Å². The molecular formula is C34H54O11. The molecule has 2 fully saturated rings. The maximum atomic E-state index is 12.2. The molecule has 13 atom stereocenters. The summed E-state index contributed by atoms with van der Waals surface area (Å²) in [7, 11) is 1.67. The van der Waals surface area contributed by atoms with E-state index < -0.39 is 66.0 Å². The van der Waals surface area contributed by atoms with Gasteiger partial charge in [-0.25, -0.2) is 0 Å². The summed E-state index contributed by atoms with van der Waals surface area (Å²) in [4.78, 5) is 12.2. The third-order valence-corrected chi connectivity index (χ3v) is 10.6. The number of aliphatic hydroxyl groups is 5. The van der Waals surface area contributed by atoms with E-state index in [1.807, 2.05) is 20.8 Å². The van der Waals surface area contributed by atoms with Crippen LogP contribution in [0.25, 0.3) is 0 Å². The van der Waals surface area contributed by atoms with Gasteiger partial charge in [0.25, 0.3) is 0 Å². The van der Waals surface area contributed by atoms with E-state index in [2.05, 4.69) is 12.7 Å². The molecule has 0 radical (unpaired) electrons. The SMILES string of the molecule is C=CC(C)(C)OC[C@H]1O[C@H](O[C@@H]2C3=C([C@@H](C)CO)C[C@H](O)[C@]3(C)C=C3[C@@H](COC)CC[C@H]3[C@@H](C)[C@H]2O)[C@@H](OC(C)=O)[C@@H](O)[C@@H]1O. The second kappa shape index (κ2) is 14.2. The maximum Gasteiger partial charge on any atom is 0.303 e. The van der Waals surface area contributed by atoms with Crippen molar-refractivity contribution in [3.8, 4) is 0 Å². The Morgan fingerprint density at radius 1 is 1.18 bits per heavy atom. The van der Waals surface area contributed by atoms with E-state index in [1.165, 1.54) is 6.92 Å². The molecule has 4 rings (SSSR count). The number of hydrogen-bond donors (Lipinski definition) is 5. The fraction of sp³-hybridized carbons (Fsp3) is 0.794. The van der Waals surface area contributed by atoms with Crippen molar-refractivity contribution >= 4 is 5.97 Å². The van der Waals surface area contributed by atoms with Crippen molar-refractivity contribution < 1.29 is 54.0 Å². The van der Waals surface area contributed by atoms with Crippen molar-refractivity contribution in [2.45, 2.75) is 115 Å². The zero-order valence-corrected chi connectivity index (χ0v) is 27.7. The van der Waals surface area contributed by atoms with Gasteiger partial charge in [-0.2, -0.15) is 0 Å². The van der Waals surface area contributed by atoms with E-state index in [1.54, 1.807) is 27.0 Å². The normalized spacial score (nSPS) is 41.1. The van der Waals surface area contributed by atoms with Crippen LogP contribution in [0.1, 0.15) is 60.8 Å². The summed E-state index contributed by atoms with van der Waals surface area (Å²) in [6, 6.07) is 0. The molecule has 0 bridgehead atoms. The maximum absolute atomic E-state index is 12.2. The number of esters is 1. The lowest BCUT2D eigenvalue weighted by Crippen LogP contribution is -2.62. The molecule has 4 aliphatic rings. The van der Waals surface area contributed by atoms with Crippen LogP contribution in [0.3, 0.4) is 0 Å². The predicted octanol–water partition coefficient (Wildman–Crippen LogP) is 2.04. The van der Waals surface area contributed by atoms with E-state index in [0.29, 0.717) is 12.2 Å². The van der Waals surface area contributed by atoms with Crippen LogP contribution in [0.4, 0.5) is 0 Å². The Hall–Kier alpha value is -1.67. The summed E-state index contributed by atoms with van der Waals surface area (Å²) >= 11 is 0. The first kappa shape index (κ1) is 36.2. The van der Waals surface area contributed by atoms with Crippen molar-refractivity contribution in [2.24, 2.45) is 29.1 Å². The minimum absolute atomic E-state index is 0.00220. The van der Waals surface area contributed by atoms with Gasteiger partial charge in [-0.15, -0.1) is 6.58 Å². The third-order valence-electron chi connectivity index (χ3n) is 10.6. The van der Waals surface area contributed by atoms with Crippen molar-refractivity contribution in [2.75, 3.05) is 26.9 Å². The summed E-state index contributed by atoms with van der Waals surface area (Å²) in [5.74, 6) is -1.20. The molecule has 1 heterocycles. The Kier molecular flexibility index (Phi) is 11.4. The van der Waals surface area contributed by atoms with Gasteiger partial charge in [0.15, 0.2) is 12.4 Å². The number of aliphatic hydroxyl groups excluding tert-OH is 5. The molecule has 1 saturated heterocycles. The predicted molar refractivity (Wildman–Crippen MR) is 165 cm³/mol. The fourth-order valence-electron chi connectivity index (χ4n) is 7.63. The van der Waals surface area contributed by atoms with Crippen molar-refractivity contribution in [1.82, 2.24) is 0 Å². The van der Waals surface area contributed by atoms with Crippen LogP contribution in [-0.2, 0) is 28.5 Å². The van der Waals surface area contributed by atoms with Gasteiger partial charge in [-0.1, -0.05) is 37.1 Å². The topological polar surface area (TPSA) is 164 Å². The van der Waals surface area contributed by atoms with Crippen LogP contribution in [0.15, 0.2) is 35.5 Å². The smallest absolute Gasteiger partial charge is 0.303 e. The van der Waals surface area contributed by atoms with Crippen LogP contribution in [-0.4, -0.2) is 113 Å². The number of methoxy groups -OCH3 is 1. The van der Waals surface area contributed by atoms with Crippen LogP contribution < -0.4 is 0 Å². The first-order chi connectivity index (χ1) is 21.1. The van der Waals surface area contributed by atoms with Gasteiger partial charge in [0.2, 0.25) is 0 Å². The molecule has 0 aromatic heterocycles. The lowest BCUT2D eigenvalue weighted by atomic mass is 9.68. The van der Waals surface area contributed by atoms with Gasteiger partial charge in [-0.05, 0) is 57.4 Å². The molecule has 11 heteroatoms. The van der Waals surface area contributed by atoms with Gasteiger partial charge in [-0.3, -0.25) is 4.79 Å². The number of rotatable bonds is 11. The highest BCUT2D eigenvalue weighted by Gasteiger charge is 2.56. The molecule has 1 saturated carbocycles. The molecule has 5 N–H and O–H groups in total. The second-order valence-corrected chi connectivity index (χ2v) is 14.1. The second-order valence-electron chi connectivity index (χ2n) is 14.1. The highest BCUT2D eigenvalue weighted by atomic mass is 16.7. The highest BCUT2D eigenvalue weighted by Crippen LogP contribution is 2.55. The monoisotopic (exact) mass is 638 g/mol. The fourth-order valence-corrected chi connectivity index (χ4v) is 7.63. The molecule has 256 valence electrons. The lowest BCUT2D eigenvalue weighted by molar-refractivity contribution is -0.321. The van der Waals surface area contributed by atoms with Crippen LogP contribution >= 0.6 is 0 Å². The first-order valence-electron chi connectivity index (χ1n) is 16.1. The number of hydrogen-bond acceptors (Lipinski definition) is 11. The summed E-state index contributed by atoms with van der Waals surface area (Å²) in [6.45, 7) is 14.5. The van der Waals surface area contributed by atoms with Crippen molar-refractivity contribution in [3.05, 3.63) is 35.5 Å². The molecule has 0 aromatic rings. The summed E-state index contributed by atoms with van der Waals surface area (Å²) < 4.78 is 29.7. The number of fused-ring (bicyclic) bond motifs is 2. The number of carbonyl (C=O) groups excluding carboxylic acids is 1. The Morgan fingerprint density at radius 2 is 1.87 bits per heavy atom. The van der Waals surface area contributed by atoms with Gasteiger partial charge >= 0.3 is 5.97 Å². The molecule has 1 aliphatic heterocycles. The standard InChI is InChI=1S/C34H54O11/c1-9-33(5,6)42-16-24-28(39)29(40)31(43-19(4)36)32(44-24)45-30-26-22(17(2)14-35)12-25(37)34(26,7)13-23-20(15-41-8)10-11-21(23)18(3)27(30)38/h9,13,17-18,20-21,24-25,27-32,35,37-40H,1,10-12,14-16H2,2-8H3/t17-,18+,20+,21-,24+,25-,27+,28+,29-,30+,31-,32+,34-/m0/s1. The quantitative estimate of drug-likeness (QED) is 0.166. The van der Waals surface area contributed by atoms with E-state index in [0.717, 1.165) is 24.0 Å². The third kappa shape index (κ3) is 7.12. The summed E-state index contributed by atoms with van der Waals surface area (Å²) in [5, 5.41) is 56.2. The molecule has 3 aliphatic carbocycles. The summed E-state index contributed by atoms with van der Waals surface area (Å²) in [6.07, 6.45) is -4.27. The minimum Gasteiger partial charge on any atom is -0.454 e. The van der Waals surface area contributed by atoms with E-state index >= 15 is 0 Å². The average molecular weight is 639 g/mol. The van der Waals surface area contributed by atoms with E-state index in [9.17, 15) is 30.3 Å². The minimum atomic E-state index is -1.59. The van der Waals surface area contributed by atoms with Crippen LogP contribution in [0, 0.1) is 29.1 Å². The molecule has 0 aromatic carbocycles. The van der Waals surface area contributed by atoms with Gasteiger partial charge in [0.1, 0.15) is 24.4 Å². The molecule has 45 heavy (non-hydrogen) atoms. The van der Waals surface area contributed by atoms with E-state index in [4.69, 9.17) is 23.7 Å². The van der Waals surface area contributed by atoms with Crippen molar-refractivity contribution in [3.63, 3.8) is 0 Å². The van der Waals surface area contributed by atoms with Gasteiger partial charge in [0.05, 0.1) is 31.0 Å². The van der Waals surface area contributed by atoms with Crippen LogP contribution in [0.2, 0.25) is 0 Å². The Bertz CT molecular complexity index is 1130. The van der Waals surface area contributed by atoms with Crippen molar-refractivity contribution in [1.29, 1.82) is 0 Å². The van der Waals surface area contributed by atoms with Crippen LogP contribution in [0.5, 0.6) is 0 Å². The molecule has 0 unspecified atom stereocenters. The van der Waals surface area contributed by atoms with E-state index in [-0.39, 0.29) is 43.3 Å². The molecular weight excluding hydrogens is 584 g/mol. The van der Waals surface area contributed by atoms with Gasteiger partial charge < -0.3 is 49.2 Å². The zero-order valence-electron chi connectivity index (χ0n) is 27.7. The average Bonchev–Trinajstić information content (AvgIpc) is 3.49. The largest absolute Gasteiger partial charge is 0.454 e. The lowest BCUT2D eigenvalue weighted by Gasteiger charge is -2.47.